The van der Waals surface area contributed by atoms with Gasteiger partial charge in [0, 0.05) is 25.6 Å². The van der Waals surface area contributed by atoms with Gasteiger partial charge in [0.25, 0.3) is 6.43 Å². The van der Waals surface area contributed by atoms with Crippen molar-refractivity contribution in [1.29, 1.82) is 0 Å². The summed E-state index contributed by atoms with van der Waals surface area (Å²) in [6, 6.07) is 8.16. The van der Waals surface area contributed by atoms with Crippen LogP contribution in [0, 0.1) is 5.92 Å². The lowest BCUT2D eigenvalue weighted by molar-refractivity contribution is -0.121. The quantitative estimate of drug-likeness (QED) is 0.483. The molecule has 1 aliphatic carbocycles. The van der Waals surface area contributed by atoms with Crippen molar-refractivity contribution in [3.05, 3.63) is 36.2 Å². The zero-order valence-corrected chi connectivity index (χ0v) is 20.9. The minimum atomic E-state index is -2.78. The van der Waals surface area contributed by atoms with E-state index in [0.717, 1.165) is 25.7 Å². The van der Waals surface area contributed by atoms with Crippen molar-refractivity contribution in [3.8, 4) is 11.7 Å². The fourth-order valence-electron chi connectivity index (χ4n) is 5.01. The van der Waals surface area contributed by atoms with E-state index < -0.39 is 12.5 Å². The third-order valence-electron chi connectivity index (χ3n) is 7.06. The molecule has 1 saturated carbocycles. The number of nitrogens with two attached hydrogens (primary N) is 1. The number of hydrogen-bond acceptors (Lipinski definition) is 8. The number of para-hydroxylation sites is 2. The SMILES string of the molecule is C[C@H](N)C(=O)CC1CCC(Oc2cc(-n3c(C(F)F)nc4ccccc43)nc(N3CCOCC3)n2)CC1. The van der Waals surface area contributed by atoms with E-state index in [1.54, 1.807) is 37.3 Å². The van der Waals surface area contributed by atoms with Crippen molar-refractivity contribution in [2.75, 3.05) is 31.2 Å². The van der Waals surface area contributed by atoms with E-state index in [1.807, 2.05) is 4.90 Å². The number of anilines is 1. The zero-order chi connectivity index (χ0) is 25.9. The maximum absolute atomic E-state index is 14.0. The van der Waals surface area contributed by atoms with Gasteiger partial charge in [-0.05, 0) is 50.7 Å². The van der Waals surface area contributed by atoms with Crippen molar-refractivity contribution in [3.63, 3.8) is 0 Å². The second kappa shape index (κ2) is 11.1. The second-order valence-corrected chi connectivity index (χ2v) is 9.78. The molecule has 1 aliphatic heterocycles. The van der Waals surface area contributed by atoms with E-state index in [0.29, 0.717) is 61.5 Å². The number of ketones is 1. The summed E-state index contributed by atoms with van der Waals surface area (Å²) in [5.74, 6) is 1.03. The van der Waals surface area contributed by atoms with Crippen molar-refractivity contribution in [2.45, 2.75) is 57.6 Å². The average Bonchev–Trinajstić information content (AvgIpc) is 3.30. The lowest BCUT2D eigenvalue weighted by atomic mass is 9.83. The molecule has 0 bridgehead atoms. The fraction of sp³-hybridized carbons (Fsp3) is 0.538. The lowest BCUT2D eigenvalue weighted by Crippen LogP contribution is -2.37. The normalized spacial score (nSPS) is 21.4. The molecule has 0 unspecified atom stereocenters. The van der Waals surface area contributed by atoms with E-state index >= 15 is 0 Å². The highest BCUT2D eigenvalue weighted by molar-refractivity contribution is 5.83. The molecule has 0 radical (unpaired) electrons. The Labute approximate surface area is 214 Å². The van der Waals surface area contributed by atoms with Gasteiger partial charge in [0.05, 0.1) is 30.3 Å². The highest BCUT2D eigenvalue weighted by Crippen LogP contribution is 2.32. The highest BCUT2D eigenvalue weighted by atomic mass is 19.3. The van der Waals surface area contributed by atoms with Gasteiger partial charge in [-0.15, -0.1) is 0 Å². The summed E-state index contributed by atoms with van der Waals surface area (Å²) in [6.45, 7) is 3.97. The molecule has 0 amide bonds. The molecule has 0 spiro atoms. The summed E-state index contributed by atoms with van der Waals surface area (Å²) < 4.78 is 41.2. The minimum absolute atomic E-state index is 0.0855. The van der Waals surface area contributed by atoms with Crippen LogP contribution in [0.15, 0.2) is 30.3 Å². The molecule has 37 heavy (non-hydrogen) atoms. The van der Waals surface area contributed by atoms with Gasteiger partial charge >= 0.3 is 0 Å². The Morgan fingerprint density at radius 3 is 2.57 bits per heavy atom. The molecule has 2 aromatic heterocycles. The topological polar surface area (TPSA) is 108 Å². The molecule has 5 rings (SSSR count). The van der Waals surface area contributed by atoms with Gasteiger partial charge < -0.3 is 20.1 Å². The van der Waals surface area contributed by atoms with Crippen LogP contribution in [-0.4, -0.2) is 63.8 Å². The largest absolute Gasteiger partial charge is 0.474 e. The van der Waals surface area contributed by atoms with Crippen LogP contribution in [0.25, 0.3) is 16.9 Å². The van der Waals surface area contributed by atoms with Crippen LogP contribution in [0.4, 0.5) is 14.7 Å². The molecule has 2 fully saturated rings. The second-order valence-electron chi connectivity index (χ2n) is 9.78. The summed E-state index contributed by atoms with van der Waals surface area (Å²) in [6.07, 6.45) is 0.897. The molecule has 1 saturated heterocycles. The van der Waals surface area contributed by atoms with E-state index in [-0.39, 0.29) is 23.5 Å². The van der Waals surface area contributed by atoms with Crippen LogP contribution < -0.4 is 15.4 Å². The predicted molar refractivity (Wildman–Crippen MR) is 134 cm³/mol. The Hall–Kier alpha value is -3.18. The number of carbonyl (C=O) groups excluding carboxylic acids is 1. The van der Waals surface area contributed by atoms with Crippen molar-refractivity contribution >= 4 is 22.8 Å². The van der Waals surface area contributed by atoms with Crippen molar-refractivity contribution in [2.24, 2.45) is 11.7 Å². The van der Waals surface area contributed by atoms with Gasteiger partial charge in [-0.2, -0.15) is 9.97 Å². The van der Waals surface area contributed by atoms with E-state index in [1.165, 1.54) is 4.57 Å². The number of hydrogen-bond donors (Lipinski definition) is 1. The Kier molecular flexibility index (Phi) is 7.61. The Morgan fingerprint density at radius 2 is 1.86 bits per heavy atom. The Bertz CT molecular complexity index is 1240. The van der Waals surface area contributed by atoms with Gasteiger partial charge in [0.1, 0.15) is 17.7 Å². The molecular formula is C26H32F2N6O3. The van der Waals surface area contributed by atoms with E-state index in [2.05, 4.69) is 15.0 Å². The van der Waals surface area contributed by atoms with Gasteiger partial charge in [-0.1, -0.05) is 12.1 Å². The smallest absolute Gasteiger partial charge is 0.296 e. The summed E-state index contributed by atoms with van der Waals surface area (Å²) in [5.41, 5.74) is 6.72. The Balaban J connectivity index is 1.44. The number of ether oxygens (including phenoxy) is 2. The molecule has 3 heterocycles. The maximum Gasteiger partial charge on any atom is 0.296 e. The number of rotatable bonds is 8. The summed E-state index contributed by atoms with van der Waals surface area (Å²) >= 11 is 0. The number of halogens is 2. The van der Waals surface area contributed by atoms with Crippen molar-refractivity contribution < 1.29 is 23.0 Å². The number of fused-ring (bicyclic) bond motifs is 1. The van der Waals surface area contributed by atoms with Crippen molar-refractivity contribution in [1.82, 2.24) is 19.5 Å². The molecule has 2 aliphatic rings. The number of benzene rings is 1. The zero-order valence-electron chi connectivity index (χ0n) is 20.9. The van der Waals surface area contributed by atoms with Crippen LogP contribution in [-0.2, 0) is 9.53 Å². The molecule has 1 atom stereocenters. The first-order valence-electron chi connectivity index (χ1n) is 12.8. The fourth-order valence-corrected chi connectivity index (χ4v) is 5.01. The number of imidazole rings is 1. The predicted octanol–water partition coefficient (Wildman–Crippen LogP) is 3.83. The molecule has 2 N–H and O–H groups in total. The number of morpholine rings is 1. The number of aromatic nitrogens is 4. The number of alkyl halides is 2. The summed E-state index contributed by atoms with van der Waals surface area (Å²) in [5, 5.41) is 0. The lowest BCUT2D eigenvalue weighted by Gasteiger charge is -2.30. The monoisotopic (exact) mass is 514 g/mol. The van der Waals surface area contributed by atoms with Gasteiger partial charge in [0.2, 0.25) is 11.8 Å². The summed E-state index contributed by atoms with van der Waals surface area (Å²) in [7, 11) is 0. The van der Waals surface area contributed by atoms with Crippen LogP contribution in [0.5, 0.6) is 5.88 Å². The highest BCUT2D eigenvalue weighted by Gasteiger charge is 2.27. The number of carbonyl (C=O) groups is 1. The molecule has 9 nitrogen and oxygen atoms in total. The summed E-state index contributed by atoms with van der Waals surface area (Å²) in [4.78, 5) is 27.5. The molecule has 1 aromatic carbocycles. The van der Waals surface area contributed by atoms with Gasteiger partial charge in [-0.25, -0.2) is 13.8 Å². The minimum Gasteiger partial charge on any atom is -0.474 e. The standard InChI is InChI=1S/C26H32F2N6O3/c1-16(29)21(35)14-17-6-8-18(9-7-17)37-23-15-22(31-26(32-23)33-10-12-36-13-11-33)34-20-5-3-2-4-19(20)30-25(34)24(27)28/h2-5,15-18,24H,6-14,29H2,1H3/t16-,17?,18?/m0/s1. The van der Waals surface area contributed by atoms with Gasteiger partial charge in [-0.3, -0.25) is 9.36 Å². The molecule has 198 valence electrons. The van der Waals surface area contributed by atoms with Crippen LogP contribution in [0.1, 0.15) is 51.3 Å². The van der Waals surface area contributed by atoms with Crippen LogP contribution >= 0.6 is 0 Å². The molecular weight excluding hydrogens is 482 g/mol. The first kappa shape index (κ1) is 25.5. The first-order valence-corrected chi connectivity index (χ1v) is 12.8. The van der Waals surface area contributed by atoms with E-state index in [9.17, 15) is 13.6 Å². The third kappa shape index (κ3) is 5.72. The van der Waals surface area contributed by atoms with E-state index in [4.69, 9.17) is 15.2 Å². The number of Topliss-reactive ketones (excluding diaryl/α,β-unsaturated/α-hetero) is 1. The maximum atomic E-state index is 14.0. The first-order chi connectivity index (χ1) is 17.9. The molecule has 3 aromatic rings. The average molecular weight is 515 g/mol. The Morgan fingerprint density at radius 1 is 1.14 bits per heavy atom. The molecule has 11 heteroatoms. The third-order valence-corrected chi connectivity index (χ3v) is 7.06. The van der Waals surface area contributed by atoms with Gasteiger partial charge in [0.15, 0.2) is 5.82 Å². The van der Waals surface area contributed by atoms with Crippen LogP contribution in [0.2, 0.25) is 0 Å². The number of nitrogens with zero attached hydrogens (tertiary/aromatic N) is 5. The van der Waals surface area contributed by atoms with Crippen LogP contribution in [0.3, 0.4) is 0 Å².